The summed E-state index contributed by atoms with van der Waals surface area (Å²) in [7, 11) is 0. The molecule has 4 aliphatic carbocycles. The third kappa shape index (κ3) is 2.93. The summed E-state index contributed by atoms with van der Waals surface area (Å²) in [5, 5.41) is 0. The topological polar surface area (TPSA) is 43.4 Å². The summed E-state index contributed by atoms with van der Waals surface area (Å²) < 4.78 is 5.49. The fraction of sp³-hybridized carbons (Fsp3) is 0.778. The first-order valence-electron chi connectivity index (χ1n) is 12.2. The van der Waals surface area contributed by atoms with E-state index in [1.165, 1.54) is 12.0 Å². The Hall–Kier alpha value is -1.56. The second-order valence-electron chi connectivity index (χ2n) is 10.7. The zero-order valence-electron chi connectivity index (χ0n) is 19.2. The van der Waals surface area contributed by atoms with Crippen molar-refractivity contribution < 1.29 is 14.3 Å². The van der Waals surface area contributed by atoms with E-state index in [1.807, 2.05) is 13.0 Å². The molecule has 3 heteroatoms. The summed E-state index contributed by atoms with van der Waals surface area (Å²) in [5.74, 6) is 6.26. The van der Waals surface area contributed by atoms with E-state index >= 15 is 0 Å². The monoisotopic (exact) mass is 410 g/mol. The predicted octanol–water partition coefficient (Wildman–Crippen LogP) is 5.58. The smallest absolute Gasteiger partial charge is 0.310 e. The number of rotatable bonds is 4. The highest BCUT2D eigenvalue weighted by molar-refractivity contribution is 5.91. The van der Waals surface area contributed by atoms with Crippen molar-refractivity contribution in [2.75, 3.05) is 6.61 Å². The third-order valence-electron chi connectivity index (χ3n) is 9.73. The van der Waals surface area contributed by atoms with Gasteiger partial charge >= 0.3 is 5.97 Å². The number of ether oxygens (including phenoxy) is 1. The number of carbonyl (C=O) groups is 2. The lowest BCUT2D eigenvalue weighted by Crippen LogP contribution is -2.54. The second kappa shape index (κ2) is 7.85. The molecule has 0 aliphatic heterocycles. The minimum absolute atomic E-state index is 0.0175. The van der Waals surface area contributed by atoms with Crippen LogP contribution < -0.4 is 0 Å². The van der Waals surface area contributed by atoms with Crippen LogP contribution in [-0.2, 0) is 14.3 Å². The van der Waals surface area contributed by atoms with Gasteiger partial charge in [-0.3, -0.25) is 9.59 Å². The Morgan fingerprint density at radius 1 is 1.30 bits per heavy atom. The Morgan fingerprint density at radius 2 is 2.07 bits per heavy atom. The van der Waals surface area contributed by atoms with Gasteiger partial charge < -0.3 is 4.74 Å². The maximum Gasteiger partial charge on any atom is 0.310 e. The molecule has 164 valence electrons. The molecule has 0 aromatic carbocycles. The number of esters is 1. The van der Waals surface area contributed by atoms with E-state index in [0.717, 1.165) is 38.5 Å². The Labute approximate surface area is 182 Å². The fourth-order valence-corrected chi connectivity index (χ4v) is 8.53. The quantitative estimate of drug-likeness (QED) is 0.449. The first-order chi connectivity index (χ1) is 14.3. The van der Waals surface area contributed by atoms with Crippen molar-refractivity contribution in [2.24, 2.45) is 46.3 Å². The first-order valence-corrected chi connectivity index (χ1v) is 12.2. The zero-order chi connectivity index (χ0) is 21.7. The van der Waals surface area contributed by atoms with Crippen molar-refractivity contribution in [1.29, 1.82) is 0 Å². The highest BCUT2D eigenvalue weighted by Gasteiger charge is 2.66. The number of ketones is 1. The summed E-state index contributed by atoms with van der Waals surface area (Å²) in [6.45, 7) is 9.15. The Kier molecular flexibility index (Phi) is 5.67. The van der Waals surface area contributed by atoms with Crippen LogP contribution >= 0.6 is 0 Å². The van der Waals surface area contributed by atoms with Gasteiger partial charge in [-0.25, -0.2) is 0 Å². The molecule has 4 aliphatic rings. The molecule has 0 radical (unpaired) electrons. The van der Waals surface area contributed by atoms with E-state index in [9.17, 15) is 9.59 Å². The minimum atomic E-state index is -0.401. The lowest BCUT2D eigenvalue weighted by molar-refractivity contribution is -0.157. The van der Waals surface area contributed by atoms with Crippen molar-refractivity contribution >= 4 is 11.8 Å². The number of fused-ring (bicyclic) bond motifs is 5. The molecule has 8 atom stereocenters. The van der Waals surface area contributed by atoms with Crippen LogP contribution in [0.5, 0.6) is 0 Å². The average molecular weight is 411 g/mol. The highest BCUT2D eigenvalue weighted by atomic mass is 16.5. The molecule has 0 bridgehead atoms. The fourth-order valence-electron chi connectivity index (χ4n) is 8.53. The van der Waals surface area contributed by atoms with Gasteiger partial charge in [0.25, 0.3) is 0 Å². The summed E-state index contributed by atoms with van der Waals surface area (Å²) in [6.07, 6.45) is 16.1. The molecule has 4 rings (SSSR count). The van der Waals surface area contributed by atoms with Gasteiger partial charge in [-0.1, -0.05) is 32.3 Å². The molecule has 3 saturated carbocycles. The van der Waals surface area contributed by atoms with Gasteiger partial charge in [-0.05, 0) is 93.0 Å². The van der Waals surface area contributed by atoms with Crippen molar-refractivity contribution in [3.05, 3.63) is 11.6 Å². The molecule has 30 heavy (non-hydrogen) atoms. The number of carbonyl (C=O) groups excluding carboxylic acids is 2. The molecule has 0 aromatic rings. The number of terminal acetylenes is 1. The van der Waals surface area contributed by atoms with E-state index in [0.29, 0.717) is 48.4 Å². The molecular weight excluding hydrogens is 372 g/mol. The van der Waals surface area contributed by atoms with E-state index in [2.05, 4.69) is 26.7 Å². The maximum absolute atomic E-state index is 13.0. The molecule has 3 nitrogen and oxygen atoms in total. The molecule has 0 aromatic heterocycles. The van der Waals surface area contributed by atoms with Crippen LogP contribution in [0.2, 0.25) is 0 Å². The van der Waals surface area contributed by atoms with E-state index in [1.54, 1.807) is 0 Å². The Morgan fingerprint density at radius 3 is 2.73 bits per heavy atom. The minimum Gasteiger partial charge on any atom is -0.466 e. The van der Waals surface area contributed by atoms with Gasteiger partial charge in [-0.2, -0.15) is 0 Å². The van der Waals surface area contributed by atoms with Crippen LogP contribution in [0, 0.1) is 58.7 Å². The molecular formula is C27H38O3. The number of allylic oxidation sites excluding steroid dienone is 1. The molecule has 0 N–H and O–H groups in total. The average Bonchev–Trinajstić information content (AvgIpc) is 3.01. The predicted molar refractivity (Wildman–Crippen MR) is 118 cm³/mol. The second-order valence-corrected chi connectivity index (χ2v) is 10.7. The van der Waals surface area contributed by atoms with E-state index in [4.69, 9.17) is 11.2 Å². The van der Waals surface area contributed by atoms with E-state index in [-0.39, 0.29) is 17.3 Å². The summed E-state index contributed by atoms with van der Waals surface area (Å²) >= 11 is 0. The molecule has 6 unspecified atom stereocenters. The molecule has 0 saturated heterocycles. The van der Waals surface area contributed by atoms with Crippen molar-refractivity contribution in [3.63, 3.8) is 0 Å². The summed E-state index contributed by atoms with van der Waals surface area (Å²) in [5.41, 5.74) is 1.00. The van der Waals surface area contributed by atoms with Crippen LogP contribution in [-0.4, -0.2) is 18.4 Å². The van der Waals surface area contributed by atoms with Gasteiger partial charge in [0.15, 0.2) is 5.78 Å². The lowest BCUT2D eigenvalue weighted by atomic mass is 9.45. The van der Waals surface area contributed by atoms with Crippen LogP contribution in [0.25, 0.3) is 0 Å². The normalized spacial score (nSPS) is 43.5. The van der Waals surface area contributed by atoms with Crippen molar-refractivity contribution in [2.45, 2.75) is 79.1 Å². The van der Waals surface area contributed by atoms with Crippen LogP contribution in [0.1, 0.15) is 79.1 Å². The van der Waals surface area contributed by atoms with E-state index < -0.39 is 5.41 Å². The number of hydrogen-bond donors (Lipinski definition) is 0. The highest BCUT2D eigenvalue weighted by Crippen LogP contribution is 2.70. The van der Waals surface area contributed by atoms with Crippen molar-refractivity contribution in [3.8, 4) is 12.3 Å². The number of hydrogen-bond acceptors (Lipinski definition) is 3. The Bertz CT molecular complexity index is 788. The lowest BCUT2D eigenvalue weighted by Gasteiger charge is -2.58. The molecule has 3 fully saturated rings. The van der Waals surface area contributed by atoms with Crippen molar-refractivity contribution in [1.82, 2.24) is 0 Å². The van der Waals surface area contributed by atoms with Gasteiger partial charge in [0, 0.05) is 6.42 Å². The molecule has 0 spiro atoms. The SMILES string of the molecule is C#C[C@@]1(C(CC)C(=O)OCC)CCC2C3C(C)CC4=CC(=O)CCC4C3CC[C@@]21C. The van der Waals surface area contributed by atoms with Gasteiger partial charge in [0.05, 0.1) is 17.9 Å². The maximum atomic E-state index is 13.0. The standard InChI is InChI=1S/C27H38O3/c1-6-22(25(29)30-8-3)27(7-2)14-12-23-24-17(4)15-18-16-19(28)9-10-20(18)21(24)11-13-26(23,27)5/h2,16-17,20-24H,6,8-15H2,1,3-5H3/t17?,20?,21?,22?,23?,24?,26-,27-/m0/s1. The summed E-state index contributed by atoms with van der Waals surface area (Å²) in [6, 6.07) is 0. The largest absolute Gasteiger partial charge is 0.466 e. The summed E-state index contributed by atoms with van der Waals surface area (Å²) in [4.78, 5) is 25.0. The molecule has 0 amide bonds. The van der Waals surface area contributed by atoms with Crippen LogP contribution in [0.3, 0.4) is 0 Å². The van der Waals surface area contributed by atoms with Crippen LogP contribution in [0.4, 0.5) is 0 Å². The Balaban J connectivity index is 1.69. The molecule has 0 heterocycles. The zero-order valence-corrected chi connectivity index (χ0v) is 19.2. The third-order valence-corrected chi connectivity index (χ3v) is 9.73. The first kappa shape index (κ1) is 21.7. The van der Waals surface area contributed by atoms with Gasteiger partial charge in [0.2, 0.25) is 0 Å². The van der Waals surface area contributed by atoms with Gasteiger partial charge in [-0.15, -0.1) is 6.42 Å². The van der Waals surface area contributed by atoms with Crippen LogP contribution in [0.15, 0.2) is 11.6 Å². The van der Waals surface area contributed by atoms with Gasteiger partial charge in [0.1, 0.15) is 0 Å².